The third-order valence-corrected chi connectivity index (χ3v) is 5.38. The number of hydrazone groups is 1. The van der Waals surface area contributed by atoms with Gasteiger partial charge in [-0.3, -0.25) is 5.01 Å². The number of rotatable bonds is 4. The second-order valence-corrected chi connectivity index (χ2v) is 7.17. The molecule has 1 aromatic heterocycles. The van der Waals surface area contributed by atoms with Gasteiger partial charge < -0.3 is 9.15 Å². The highest BCUT2D eigenvalue weighted by Crippen LogP contribution is 2.39. The number of methoxy groups -OCH3 is 1. The van der Waals surface area contributed by atoms with Gasteiger partial charge in [0.2, 0.25) is 0 Å². The van der Waals surface area contributed by atoms with E-state index in [-0.39, 0.29) is 11.7 Å². The van der Waals surface area contributed by atoms with E-state index in [0.29, 0.717) is 23.3 Å². The van der Waals surface area contributed by atoms with Gasteiger partial charge in [-0.05, 0) is 30.3 Å². The van der Waals surface area contributed by atoms with Crippen LogP contribution in [-0.4, -0.2) is 12.8 Å². The molecule has 0 radical (unpaired) electrons. The van der Waals surface area contributed by atoms with Gasteiger partial charge in [0.25, 0.3) is 0 Å². The largest absolute Gasteiger partial charge is 0.496 e. The highest BCUT2D eigenvalue weighted by atomic mass is 16.5. The molecule has 0 bridgehead atoms. The molecular weight excluding hydrogens is 376 g/mol. The SMILES string of the molecule is COc1ccccc1C1CC(c2cc3ccccc3oc2=O)=NN1c1ccccc1. The molecule has 5 nitrogen and oxygen atoms in total. The van der Waals surface area contributed by atoms with Crippen molar-refractivity contribution in [2.75, 3.05) is 12.1 Å². The summed E-state index contributed by atoms with van der Waals surface area (Å²) in [6.07, 6.45) is 0.568. The molecule has 4 aromatic rings. The number of para-hydroxylation sites is 3. The van der Waals surface area contributed by atoms with E-state index in [9.17, 15) is 4.79 Å². The Hall–Kier alpha value is -3.86. The Morgan fingerprint density at radius 2 is 1.70 bits per heavy atom. The number of anilines is 1. The lowest BCUT2D eigenvalue weighted by Crippen LogP contribution is -2.19. The zero-order valence-electron chi connectivity index (χ0n) is 16.5. The first-order valence-corrected chi connectivity index (χ1v) is 9.82. The molecule has 1 atom stereocenters. The molecule has 0 amide bonds. The molecule has 3 aromatic carbocycles. The van der Waals surface area contributed by atoms with E-state index in [4.69, 9.17) is 14.3 Å². The fourth-order valence-electron chi connectivity index (χ4n) is 3.94. The van der Waals surface area contributed by atoms with Crippen LogP contribution in [-0.2, 0) is 0 Å². The fourth-order valence-corrected chi connectivity index (χ4v) is 3.94. The average molecular weight is 396 g/mol. The zero-order valence-corrected chi connectivity index (χ0v) is 16.5. The second-order valence-electron chi connectivity index (χ2n) is 7.17. The Balaban J connectivity index is 1.64. The van der Waals surface area contributed by atoms with E-state index in [2.05, 4.69) is 0 Å². The molecule has 148 valence electrons. The van der Waals surface area contributed by atoms with Crippen LogP contribution in [0.4, 0.5) is 5.69 Å². The summed E-state index contributed by atoms with van der Waals surface area (Å²) in [4.78, 5) is 12.7. The predicted molar refractivity (Wildman–Crippen MR) is 118 cm³/mol. The van der Waals surface area contributed by atoms with Crippen molar-refractivity contribution in [1.82, 2.24) is 0 Å². The van der Waals surface area contributed by atoms with Crippen LogP contribution in [0.5, 0.6) is 5.75 Å². The zero-order chi connectivity index (χ0) is 20.5. The molecule has 0 spiro atoms. The maximum atomic E-state index is 12.7. The molecule has 1 unspecified atom stereocenters. The molecule has 0 saturated heterocycles. The lowest BCUT2D eigenvalue weighted by molar-refractivity contribution is 0.405. The normalized spacial score (nSPS) is 16.0. The summed E-state index contributed by atoms with van der Waals surface area (Å²) in [5.74, 6) is 0.797. The van der Waals surface area contributed by atoms with Gasteiger partial charge >= 0.3 is 5.63 Å². The van der Waals surface area contributed by atoms with Crippen molar-refractivity contribution in [3.63, 3.8) is 0 Å². The molecule has 30 heavy (non-hydrogen) atoms. The molecule has 5 heteroatoms. The van der Waals surface area contributed by atoms with Gasteiger partial charge in [0.05, 0.1) is 30.1 Å². The maximum absolute atomic E-state index is 12.7. The van der Waals surface area contributed by atoms with E-state index in [1.165, 1.54) is 0 Å². The van der Waals surface area contributed by atoms with Crippen LogP contribution in [0.1, 0.15) is 23.6 Å². The summed E-state index contributed by atoms with van der Waals surface area (Å²) in [5, 5.41) is 7.70. The minimum Gasteiger partial charge on any atom is -0.496 e. The first kappa shape index (κ1) is 18.2. The van der Waals surface area contributed by atoms with E-state index >= 15 is 0 Å². The molecule has 0 fully saturated rings. The monoisotopic (exact) mass is 396 g/mol. The third kappa shape index (κ3) is 3.14. The van der Waals surface area contributed by atoms with Crippen LogP contribution < -0.4 is 15.4 Å². The standard InChI is InChI=1S/C25H20N2O3/c1-29-24-14-8-6-12-19(24)22-16-21(26-27(22)18-10-3-2-4-11-18)20-15-17-9-5-7-13-23(17)30-25(20)28/h2-15,22H,16H2,1H3. The number of fused-ring (bicyclic) bond motifs is 1. The van der Waals surface area contributed by atoms with Gasteiger partial charge in [-0.2, -0.15) is 5.10 Å². The Bertz CT molecular complexity index is 1290. The Kier molecular flexibility index (Phi) is 4.56. The molecule has 1 aliphatic heterocycles. The van der Waals surface area contributed by atoms with Crippen molar-refractivity contribution in [1.29, 1.82) is 0 Å². The van der Waals surface area contributed by atoms with Crippen LogP contribution in [0.3, 0.4) is 0 Å². The molecule has 0 N–H and O–H groups in total. The van der Waals surface area contributed by atoms with E-state index in [0.717, 1.165) is 22.4 Å². The molecular formula is C25H20N2O3. The van der Waals surface area contributed by atoms with Crippen LogP contribution in [0, 0.1) is 0 Å². The average Bonchev–Trinajstić information content (AvgIpc) is 3.24. The van der Waals surface area contributed by atoms with Crippen LogP contribution >= 0.6 is 0 Å². The Morgan fingerprint density at radius 3 is 2.53 bits per heavy atom. The van der Waals surface area contributed by atoms with Crippen molar-refractivity contribution < 1.29 is 9.15 Å². The molecule has 0 aliphatic carbocycles. The van der Waals surface area contributed by atoms with E-state index in [1.807, 2.05) is 83.9 Å². The van der Waals surface area contributed by atoms with Gasteiger partial charge in [0.15, 0.2) is 0 Å². The number of hydrogen-bond acceptors (Lipinski definition) is 5. The lowest BCUT2D eigenvalue weighted by atomic mass is 9.97. The number of ether oxygens (including phenoxy) is 1. The van der Waals surface area contributed by atoms with Gasteiger partial charge in [0.1, 0.15) is 11.3 Å². The minimum atomic E-state index is -0.374. The minimum absolute atomic E-state index is 0.0931. The van der Waals surface area contributed by atoms with Crippen molar-refractivity contribution in [2.24, 2.45) is 5.10 Å². The first-order valence-electron chi connectivity index (χ1n) is 9.82. The van der Waals surface area contributed by atoms with Gasteiger partial charge in [-0.1, -0.05) is 54.6 Å². The van der Waals surface area contributed by atoms with Gasteiger partial charge in [0, 0.05) is 17.4 Å². The highest BCUT2D eigenvalue weighted by Gasteiger charge is 2.33. The van der Waals surface area contributed by atoms with Crippen molar-refractivity contribution in [3.05, 3.63) is 106 Å². The van der Waals surface area contributed by atoms with Crippen molar-refractivity contribution in [3.8, 4) is 5.75 Å². The number of hydrogen-bond donors (Lipinski definition) is 0. The van der Waals surface area contributed by atoms with E-state index < -0.39 is 0 Å². The van der Waals surface area contributed by atoms with Crippen molar-refractivity contribution >= 4 is 22.4 Å². The topological polar surface area (TPSA) is 55.0 Å². The first-order chi connectivity index (χ1) is 14.7. The molecule has 5 rings (SSSR count). The van der Waals surface area contributed by atoms with Crippen LogP contribution in [0.25, 0.3) is 11.0 Å². The number of nitrogens with zero attached hydrogens (tertiary/aromatic N) is 2. The van der Waals surface area contributed by atoms with Gasteiger partial charge in [-0.25, -0.2) is 4.79 Å². The molecule has 0 saturated carbocycles. The Labute approximate surface area is 173 Å². The summed E-state index contributed by atoms with van der Waals surface area (Å²) in [7, 11) is 1.67. The summed E-state index contributed by atoms with van der Waals surface area (Å²) in [5.41, 5.74) is 3.37. The summed E-state index contributed by atoms with van der Waals surface area (Å²) in [6, 6.07) is 27.2. The van der Waals surface area contributed by atoms with Gasteiger partial charge in [-0.15, -0.1) is 0 Å². The molecule has 2 heterocycles. The molecule has 1 aliphatic rings. The van der Waals surface area contributed by atoms with E-state index in [1.54, 1.807) is 13.2 Å². The predicted octanol–water partition coefficient (Wildman–Crippen LogP) is 5.16. The van der Waals surface area contributed by atoms with Crippen LogP contribution in [0.15, 0.2) is 99.2 Å². The number of benzene rings is 3. The summed E-state index contributed by atoms with van der Waals surface area (Å²) < 4.78 is 11.2. The second kappa shape index (κ2) is 7.52. The smallest absolute Gasteiger partial charge is 0.345 e. The van der Waals surface area contributed by atoms with Crippen molar-refractivity contribution in [2.45, 2.75) is 12.5 Å². The van der Waals surface area contributed by atoms with Crippen LogP contribution in [0.2, 0.25) is 0 Å². The lowest BCUT2D eigenvalue weighted by Gasteiger charge is -2.25. The summed E-state index contributed by atoms with van der Waals surface area (Å²) >= 11 is 0. The quantitative estimate of drug-likeness (QED) is 0.447. The third-order valence-electron chi connectivity index (χ3n) is 5.38. The fraction of sp³-hybridized carbons (Fsp3) is 0.120. The highest BCUT2D eigenvalue weighted by molar-refractivity contribution is 6.04. The maximum Gasteiger partial charge on any atom is 0.345 e. The summed E-state index contributed by atoms with van der Waals surface area (Å²) in [6.45, 7) is 0. The Morgan fingerprint density at radius 1 is 0.967 bits per heavy atom.